The predicted molar refractivity (Wildman–Crippen MR) is 100 cm³/mol. The molecule has 0 aromatic heterocycles. The number of nitrogens with one attached hydrogen (secondary N) is 2. The SMILES string of the molecule is O=C(CCCCCNC(=O)c1ccccc1)NCCc1ccccc1. The molecule has 2 rings (SSSR count). The summed E-state index contributed by atoms with van der Waals surface area (Å²) in [6.07, 6.45) is 4.06. The molecule has 0 atom stereocenters. The fraction of sp³-hybridized carbons (Fsp3) is 0.333. The third-order valence-corrected chi connectivity index (χ3v) is 3.98. The average molecular weight is 338 g/mol. The van der Waals surface area contributed by atoms with Crippen LogP contribution >= 0.6 is 0 Å². The van der Waals surface area contributed by atoms with Crippen LogP contribution in [0.15, 0.2) is 60.7 Å². The summed E-state index contributed by atoms with van der Waals surface area (Å²) < 4.78 is 0. The maximum atomic E-state index is 11.8. The Balaban J connectivity index is 1.47. The first-order valence-corrected chi connectivity index (χ1v) is 8.89. The van der Waals surface area contributed by atoms with Gasteiger partial charge in [0.2, 0.25) is 5.91 Å². The van der Waals surface area contributed by atoms with Gasteiger partial charge in [-0.2, -0.15) is 0 Å². The van der Waals surface area contributed by atoms with E-state index < -0.39 is 0 Å². The van der Waals surface area contributed by atoms with Crippen LogP contribution in [0.3, 0.4) is 0 Å². The van der Waals surface area contributed by atoms with Crippen molar-refractivity contribution in [1.82, 2.24) is 10.6 Å². The van der Waals surface area contributed by atoms with Gasteiger partial charge in [-0.05, 0) is 37.0 Å². The van der Waals surface area contributed by atoms with Crippen molar-refractivity contribution in [2.45, 2.75) is 32.1 Å². The van der Waals surface area contributed by atoms with Gasteiger partial charge in [-0.15, -0.1) is 0 Å². The van der Waals surface area contributed by atoms with Crippen molar-refractivity contribution >= 4 is 11.8 Å². The van der Waals surface area contributed by atoms with E-state index in [1.54, 1.807) is 12.1 Å². The van der Waals surface area contributed by atoms with Crippen LogP contribution in [-0.2, 0) is 11.2 Å². The molecule has 4 nitrogen and oxygen atoms in total. The Morgan fingerprint density at radius 2 is 1.40 bits per heavy atom. The molecule has 0 fully saturated rings. The van der Waals surface area contributed by atoms with Crippen molar-refractivity contribution in [1.29, 1.82) is 0 Å². The van der Waals surface area contributed by atoms with Gasteiger partial charge < -0.3 is 10.6 Å². The number of rotatable bonds is 10. The largest absolute Gasteiger partial charge is 0.356 e. The maximum Gasteiger partial charge on any atom is 0.251 e. The van der Waals surface area contributed by atoms with Gasteiger partial charge in [0.15, 0.2) is 0 Å². The number of carbonyl (C=O) groups is 2. The molecule has 0 aliphatic heterocycles. The Morgan fingerprint density at radius 1 is 0.720 bits per heavy atom. The lowest BCUT2D eigenvalue weighted by molar-refractivity contribution is -0.121. The Kier molecular flexibility index (Phi) is 8.25. The van der Waals surface area contributed by atoms with Crippen molar-refractivity contribution in [2.24, 2.45) is 0 Å². The smallest absolute Gasteiger partial charge is 0.251 e. The number of amides is 2. The molecule has 4 heteroatoms. The van der Waals surface area contributed by atoms with Gasteiger partial charge >= 0.3 is 0 Å². The van der Waals surface area contributed by atoms with Gasteiger partial charge in [0, 0.05) is 25.1 Å². The molecule has 0 aliphatic carbocycles. The fourth-order valence-corrected chi connectivity index (χ4v) is 2.56. The van der Waals surface area contributed by atoms with Crippen LogP contribution < -0.4 is 10.6 Å². The van der Waals surface area contributed by atoms with E-state index in [1.807, 2.05) is 36.4 Å². The number of benzene rings is 2. The van der Waals surface area contributed by atoms with Crippen molar-refractivity contribution in [3.8, 4) is 0 Å². The van der Waals surface area contributed by atoms with E-state index in [-0.39, 0.29) is 11.8 Å². The molecule has 0 aliphatic rings. The molecule has 0 spiro atoms. The Labute approximate surface area is 149 Å². The second-order valence-electron chi connectivity index (χ2n) is 6.02. The van der Waals surface area contributed by atoms with E-state index in [0.29, 0.717) is 25.1 Å². The van der Waals surface area contributed by atoms with Gasteiger partial charge in [0.05, 0.1) is 0 Å². The summed E-state index contributed by atoms with van der Waals surface area (Å²) >= 11 is 0. The number of hydrogen-bond donors (Lipinski definition) is 2. The summed E-state index contributed by atoms with van der Waals surface area (Å²) in [5.74, 6) is 0.0588. The van der Waals surface area contributed by atoms with Crippen LogP contribution in [0.1, 0.15) is 41.6 Å². The summed E-state index contributed by atoms with van der Waals surface area (Å²) in [6.45, 7) is 1.32. The van der Waals surface area contributed by atoms with Gasteiger partial charge in [-0.3, -0.25) is 9.59 Å². The highest BCUT2D eigenvalue weighted by Crippen LogP contribution is 2.02. The molecule has 0 heterocycles. The molecular weight excluding hydrogens is 312 g/mol. The van der Waals surface area contributed by atoms with Crippen LogP contribution in [0.25, 0.3) is 0 Å². The van der Waals surface area contributed by atoms with E-state index in [0.717, 1.165) is 25.7 Å². The molecule has 2 aromatic rings. The summed E-state index contributed by atoms with van der Waals surface area (Å²) in [5, 5.41) is 5.85. The lowest BCUT2D eigenvalue weighted by Gasteiger charge is -2.06. The number of hydrogen-bond acceptors (Lipinski definition) is 2. The Morgan fingerprint density at radius 3 is 2.12 bits per heavy atom. The van der Waals surface area contributed by atoms with Crippen LogP contribution in [0.5, 0.6) is 0 Å². The molecular formula is C21H26N2O2. The molecule has 0 bridgehead atoms. The molecule has 0 saturated carbocycles. The highest BCUT2D eigenvalue weighted by atomic mass is 16.2. The van der Waals surface area contributed by atoms with Gasteiger partial charge in [0.1, 0.15) is 0 Å². The van der Waals surface area contributed by atoms with Crippen molar-refractivity contribution in [2.75, 3.05) is 13.1 Å². The van der Waals surface area contributed by atoms with Crippen LogP contribution in [0.4, 0.5) is 0 Å². The summed E-state index contributed by atoms with van der Waals surface area (Å²) in [7, 11) is 0. The standard InChI is InChI=1S/C21H26N2O2/c24-20(22-17-15-18-10-4-1-5-11-18)14-8-3-9-16-23-21(25)19-12-6-2-7-13-19/h1-2,4-7,10-13H,3,8-9,14-17H2,(H,22,24)(H,23,25). The Hall–Kier alpha value is -2.62. The third-order valence-electron chi connectivity index (χ3n) is 3.98. The minimum absolute atomic E-state index is 0.0424. The molecule has 2 N–H and O–H groups in total. The normalized spacial score (nSPS) is 10.2. The van der Waals surface area contributed by atoms with Crippen molar-refractivity contribution in [3.05, 3.63) is 71.8 Å². The lowest BCUT2D eigenvalue weighted by Crippen LogP contribution is -2.26. The third kappa shape index (κ3) is 7.66. The summed E-state index contributed by atoms with van der Waals surface area (Å²) in [6, 6.07) is 19.3. The predicted octanol–water partition coefficient (Wildman–Crippen LogP) is 3.34. The molecule has 25 heavy (non-hydrogen) atoms. The first-order chi connectivity index (χ1) is 12.3. The molecule has 0 saturated heterocycles. The molecule has 2 aromatic carbocycles. The van der Waals surface area contributed by atoms with E-state index in [4.69, 9.17) is 0 Å². The van der Waals surface area contributed by atoms with Gasteiger partial charge in [0.25, 0.3) is 5.91 Å². The Bertz CT molecular complexity index is 641. The van der Waals surface area contributed by atoms with Crippen molar-refractivity contribution < 1.29 is 9.59 Å². The molecule has 2 amide bonds. The maximum absolute atomic E-state index is 11.8. The van der Waals surface area contributed by atoms with Crippen molar-refractivity contribution in [3.63, 3.8) is 0 Å². The van der Waals surface area contributed by atoms with Gasteiger partial charge in [-0.1, -0.05) is 55.0 Å². The summed E-state index contributed by atoms with van der Waals surface area (Å²) in [4.78, 5) is 23.6. The topological polar surface area (TPSA) is 58.2 Å². The zero-order valence-electron chi connectivity index (χ0n) is 14.5. The fourth-order valence-electron chi connectivity index (χ4n) is 2.56. The van der Waals surface area contributed by atoms with E-state index in [1.165, 1.54) is 5.56 Å². The minimum Gasteiger partial charge on any atom is -0.356 e. The summed E-state index contributed by atoms with van der Waals surface area (Å²) in [5.41, 5.74) is 1.91. The second-order valence-corrected chi connectivity index (χ2v) is 6.02. The van der Waals surface area contributed by atoms with E-state index in [9.17, 15) is 9.59 Å². The highest BCUT2D eigenvalue weighted by Gasteiger charge is 2.04. The monoisotopic (exact) mass is 338 g/mol. The lowest BCUT2D eigenvalue weighted by atomic mass is 10.1. The zero-order chi connectivity index (χ0) is 17.7. The first-order valence-electron chi connectivity index (χ1n) is 8.89. The van der Waals surface area contributed by atoms with Crippen LogP contribution in [0, 0.1) is 0 Å². The molecule has 0 unspecified atom stereocenters. The number of unbranched alkanes of at least 4 members (excludes halogenated alkanes) is 2. The average Bonchev–Trinajstić information content (AvgIpc) is 2.66. The van der Waals surface area contributed by atoms with Gasteiger partial charge in [-0.25, -0.2) is 0 Å². The van der Waals surface area contributed by atoms with Crippen LogP contribution in [0.2, 0.25) is 0 Å². The minimum atomic E-state index is -0.0424. The van der Waals surface area contributed by atoms with Crippen LogP contribution in [-0.4, -0.2) is 24.9 Å². The number of carbonyl (C=O) groups excluding carboxylic acids is 2. The molecule has 132 valence electrons. The zero-order valence-corrected chi connectivity index (χ0v) is 14.5. The first kappa shape index (κ1) is 18.7. The second kappa shape index (κ2) is 11.0. The highest BCUT2D eigenvalue weighted by molar-refractivity contribution is 5.94. The molecule has 0 radical (unpaired) electrons. The quantitative estimate of drug-likeness (QED) is 0.653. The van der Waals surface area contributed by atoms with E-state index >= 15 is 0 Å². The van der Waals surface area contributed by atoms with E-state index in [2.05, 4.69) is 22.8 Å².